The summed E-state index contributed by atoms with van der Waals surface area (Å²) in [6.45, 7) is 1.54. The first kappa shape index (κ1) is 20.9. The summed E-state index contributed by atoms with van der Waals surface area (Å²) in [4.78, 5) is 0. The van der Waals surface area contributed by atoms with Gasteiger partial charge in [0.25, 0.3) is 0 Å². The topological polar surface area (TPSA) is 58.2 Å². The monoisotopic (exact) mass is 421 g/mol. The molecule has 1 aliphatic rings. The first-order chi connectivity index (χ1) is 15.2. The van der Waals surface area contributed by atoms with Crippen LogP contribution in [0.5, 0.6) is 23.0 Å². The first-order valence-corrected chi connectivity index (χ1v) is 10.1. The molecule has 1 heterocycles. The summed E-state index contributed by atoms with van der Waals surface area (Å²) >= 11 is 0. The molecule has 31 heavy (non-hydrogen) atoms. The number of fused-ring (bicyclic) bond motifs is 3. The second-order valence-electron chi connectivity index (χ2n) is 7.18. The van der Waals surface area contributed by atoms with Gasteiger partial charge in [-0.25, -0.2) is 0 Å². The highest BCUT2D eigenvalue weighted by atomic mass is 16.5. The second-order valence-corrected chi connectivity index (χ2v) is 7.18. The van der Waals surface area contributed by atoms with Crippen LogP contribution < -0.4 is 24.3 Å². The molecule has 162 valence electrons. The Hall–Kier alpha value is -3.38. The number of benzene rings is 3. The van der Waals surface area contributed by atoms with Gasteiger partial charge in [0.2, 0.25) is 5.75 Å². The number of methoxy groups -OCH3 is 4. The van der Waals surface area contributed by atoms with Crippen LogP contribution in [0.4, 0.5) is 5.69 Å². The summed E-state index contributed by atoms with van der Waals surface area (Å²) in [5.41, 5.74) is 6.04. The van der Waals surface area contributed by atoms with Crippen molar-refractivity contribution in [1.82, 2.24) is 0 Å². The largest absolute Gasteiger partial charge is 0.495 e. The van der Waals surface area contributed by atoms with Gasteiger partial charge in [0.05, 0.1) is 47.3 Å². The minimum absolute atomic E-state index is 0.432. The van der Waals surface area contributed by atoms with Crippen molar-refractivity contribution < 1.29 is 23.7 Å². The number of rotatable bonds is 7. The lowest BCUT2D eigenvalue weighted by Crippen LogP contribution is -2.06. The van der Waals surface area contributed by atoms with Crippen LogP contribution in [0.15, 0.2) is 48.5 Å². The van der Waals surface area contributed by atoms with Crippen molar-refractivity contribution in [2.24, 2.45) is 0 Å². The molecular weight excluding hydrogens is 394 g/mol. The zero-order chi connectivity index (χ0) is 21.8. The molecule has 0 amide bonds. The van der Waals surface area contributed by atoms with E-state index in [-0.39, 0.29) is 0 Å². The zero-order valence-electron chi connectivity index (χ0n) is 18.3. The molecule has 0 aliphatic carbocycles. The molecular formula is C25H27NO5. The maximum absolute atomic E-state index is 6.06. The van der Waals surface area contributed by atoms with Gasteiger partial charge in [-0.3, -0.25) is 0 Å². The third kappa shape index (κ3) is 3.86. The van der Waals surface area contributed by atoms with Gasteiger partial charge in [-0.05, 0) is 28.8 Å². The molecule has 0 saturated heterocycles. The van der Waals surface area contributed by atoms with E-state index in [0.29, 0.717) is 37.0 Å². The lowest BCUT2D eigenvalue weighted by molar-refractivity contribution is 0.109. The number of hydrogen-bond donors (Lipinski definition) is 1. The van der Waals surface area contributed by atoms with Crippen LogP contribution in [0.1, 0.15) is 16.7 Å². The van der Waals surface area contributed by atoms with Crippen LogP contribution in [0.2, 0.25) is 0 Å². The summed E-state index contributed by atoms with van der Waals surface area (Å²) in [6.07, 6.45) is 0. The van der Waals surface area contributed by atoms with Crippen molar-refractivity contribution in [3.63, 3.8) is 0 Å². The van der Waals surface area contributed by atoms with E-state index < -0.39 is 0 Å². The SMILES string of the molecule is COc1ccc2c(c1NCc1ccccc1)COCc1cc(OC)c(OC)c(OC)c1-2. The molecule has 6 nitrogen and oxygen atoms in total. The maximum Gasteiger partial charge on any atom is 0.203 e. The Balaban J connectivity index is 1.87. The summed E-state index contributed by atoms with van der Waals surface area (Å²) in [7, 11) is 6.55. The standard InChI is InChI=1S/C25H27NO5/c1-27-20-11-10-18-19(23(20)26-13-16-8-6-5-7-9-16)15-31-14-17-12-21(28-2)24(29-3)25(30-4)22(17)18/h5-12,26H,13-15H2,1-4H3. The van der Waals surface area contributed by atoms with E-state index in [1.807, 2.05) is 36.4 Å². The van der Waals surface area contributed by atoms with Crippen LogP contribution in [0, 0.1) is 0 Å². The van der Waals surface area contributed by atoms with Crippen LogP contribution in [0.25, 0.3) is 11.1 Å². The van der Waals surface area contributed by atoms with E-state index in [9.17, 15) is 0 Å². The number of anilines is 1. The molecule has 0 radical (unpaired) electrons. The van der Waals surface area contributed by atoms with Crippen molar-refractivity contribution in [3.8, 4) is 34.1 Å². The molecule has 3 aromatic carbocycles. The highest BCUT2D eigenvalue weighted by Gasteiger charge is 2.27. The predicted molar refractivity (Wildman–Crippen MR) is 120 cm³/mol. The average molecular weight is 421 g/mol. The zero-order valence-corrected chi connectivity index (χ0v) is 18.3. The van der Waals surface area contributed by atoms with Gasteiger partial charge >= 0.3 is 0 Å². The molecule has 1 aliphatic heterocycles. The molecule has 0 aromatic heterocycles. The Morgan fingerprint density at radius 2 is 1.55 bits per heavy atom. The fraction of sp³-hybridized carbons (Fsp3) is 0.280. The summed E-state index contributed by atoms with van der Waals surface area (Å²) in [6, 6.07) is 16.2. The number of ether oxygens (including phenoxy) is 5. The van der Waals surface area contributed by atoms with E-state index in [0.717, 1.165) is 33.7 Å². The third-order valence-electron chi connectivity index (χ3n) is 5.49. The van der Waals surface area contributed by atoms with Crippen LogP contribution >= 0.6 is 0 Å². The highest BCUT2D eigenvalue weighted by Crippen LogP contribution is 2.50. The van der Waals surface area contributed by atoms with Crippen LogP contribution in [-0.4, -0.2) is 28.4 Å². The molecule has 1 N–H and O–H groups in total. The minimum atomic E-state index is 0.432. The molecule has 0 bridgehead atoms. The highest BCUT2D eigenvalue weighted by molar-refractivity contribution is 5.86. The van der Waals surface area contributed by atoms with Gasteiger partial charge in [-0.1, -0.05) is 36.4 Å². The van der Waals surface area contributed by atoms with Crippen molar-refractivity contribution in [1.29, 1.82) is 0 Å². The quantitative estimate of drug-likeness (QED) is 0.577. The normalized spacial score (nSPS) is 12.3. The van der Waals surface area contributed by atoms with E-state index >= 15 is 0 Å². The van der Waals surface area contributed by atoms with Gasteiger partial charge in [0.1, 0.15) is 5.75 Å². The second kappa shape index (κ2) is 9.18. The van der Waals surface area contributed by atoms with Crippen molar-refractivity contribution in [2.45, 2.75) is 19.8 Å². The number of nitrogens with one attached hydrogen (secondary N) is 1. The van der Waals surface area contributed by atoms with Gasteiger partial charge in [0.15, 0.2) is 11.5 Å². The summed E-state index contributed by atoms with van der Waals surface area (Å²) in [5, 5.41) is 3.55. The van der Waals surface area contributed by atoms with Gasteiger partial charge < -0.3 is 29.0 Å². The Kier molecular flexibility index (Phi) is 6.18. The van der Waals surface area contributed by atoms with Crippen molar-refractivity contribution in [3.05, 3.63) is 65.2 Å². The first-order valence-electron chi connectivity index (χ1n) is 10.1. The van der Waals surface area contributed by atoms with Gasteiger partial charge in [0, 0.05) is 17.7 Å². The molecule has 0 unspecified atom stereocenters. The Labute approximate surface area is 182 Å². The van der Waals surface area contributed by atoms with E-state index in [1.54, 1.807) is 28.4 Å². The van der Waals surface area contributed by atoms with Crippen molar-refractivity contribution in [2.75, 3.05) is 33.8 Å². The predicted octanol–water partition coefficient (Wildman–Crippen LogP) is 5.03. The lowest BCUT2D eigenvalue weighted by Gasteiger charge is -2.21. The molecule has 0 spiro atoms. The van der Waals surface area contributed by atoms with Crippen molar-refractivity contribution >= 4 is 5.69 Å². The maximum atomic E-state index is 6.06. The number of hydrogen-bond acceptors (Lipinski definition) is 6. The summed E-state index contributed by atoms with van der Waals surface area (Å²) < 4.78 is 28.7. The lowest BCUT2D eigenvalue weighted by atomic mass is 9.93. The molecule has 4 rings (SSSR count). The molecule has 6 heteroatoms. The molecule has 3 aromatic rings. The molecule has 0 fully saturated rings. The van der Waals surface area contributed by atoms with E-state index in [4.69, 9.17) is 23.7 Å². The smallest absolute Gasteiger partial charge is 0.203 e. The van der Waals surface area contributed by atoms with E-state index in [2.05, 4.69) is 17.4 Å². The van der Waals surface area contributed by atoms with Gasteiger partial charge in [-0.2, -0.15) is 0 Å². The Morgan fingerprint density at radius 3 is 2.23 bits per heavy atom. The fourth-order valence-electron chi connectivity index (χ4n) is 4.04. The van der Waals surface area contributed by atoms with Crippen LogP contribution in [0.3, 0.4) is 0 Å². The van der Waals surface area contributed by atoms with Gasteiger partial charge in [-0.15, -0.1) is 0 Å². The molecule has 0 atom stereocenters. The van der Waals surface area contributed by atoms with Crippen LogP contribution in [-0.2, 0) is 24.5 Å². The Bertz CT molecular complexity index is 1070. The minimum Gasteiger partial charge on any atom is -0.495 e. The summed E-state index contributed by atoms with van der Waals surface area (Å²) in [5.74, 6) is 2.57. The van der Waals surface area contributed by atoms with E-state index in [1.165, 1.54) is 5.56 Å². The third-order valence-corrected chi connectivity index (χ3v) is 5.49. The fourth-order valence-corrected chi connectivity index (χ4v) is 4.04. The Morgan fingerprint density at radius 1 is 0.806 bits per heavy atom. The molecule has 0 saturated carbocycles. The average Bonchev–Trinajstić information content (AvgIpc) is 3.00.